The van der Waals surface area contributed by atoms with Gasteiger partial charge in [-0.05, 0) is 35.9 Å². The molecule has 0 radical (unpaired) electrons. The summed E-state index contributed by atoms with van der Waals surface area (Å²) in [6.07, 6.45) is -4.79. The van der Waals surface area contributed by atoms with Crippen LogP contribution in [-0.2, 0) is 22.1 Å². The lowest BCUT2D eigenvalue weighted by molar-refractivity contribution is -0.143. The molecule has 1 N–H and O–H groups in total. The molecule has 1 atom stereocenters. The van der Waals surface area contributed by atoms with E-state index in [1.54, 1.807) is 12.1 Å². The lowest BCUT2D eigenvalue weighted by Gasteiger charge is -2.18. The summed E-state index contributed by atoms with van der Waals surface area (Å²) in [5, 5.41) is 2.87. The van der Waals surface area contributed by atoms with Crippen molar-refractivity contribution in [2.75, 3.05) is 14.2 Å². The number of benzene rings is 2. The normalized spacial score (nSPS) is 12.3. The highest BCUT2D eigenvalue weighted by Crippen LogP contribution is 2.29. The number of carbonyl (C=O) groups is 2. The monoisotopic (exact) mass is 449 g/mol. The number of fused-ring (bicyclic) bond motifs is 1. The van der Waals surface area contributed by atoms with Gasteiger partial charge < -0.3 is 19.2 Å². The number of alkyl halides is 3. The molecule has 1 heterocycles. The van der Waals surface area contributed by atoms with E-state index in [-0.39, 0.29) is 17.6 Å². The zero-order valence-corrected chi connectivity index (χ0v) is 17.0. The minimum atomic E-state index is -4.63. The number of esters is 1. The van der Waals surface area contributed by atoms with Crippen LogP contribution in [0.3, 0.4) is 0 Å². The molecule has 0 bridgehead atoms. The fourth-order valence-electron chi connectivity index (χ4n) is 3.14. The predicted octanol–water partition coefficient (Wildman–Crippen LogP) is 3.33. The Labute approximate surface area is 179 Å². The summed E-state index contributed by atoms with van der Waals surface area (Å²) in [6, 6.07) is 8.44. The number of carbonyl (C=O) groups excluding carboxylic acids is 2. The molecule has 32 heavy (non-hydrogen) atoms. The number of rotatable bonds is 6. The van der Waals surface area contributed by atoms with Gasteiger partial charge in [0.1, 0.15) is 17.4 Å². The van der Waals surface area contributed by atoms with Crippen LogP contribution in [0.1, 0.15) is 21.5 Å². The quantitative estimate of drug-likeness (QED) is 0.458. The van der Waals surface area contributed by atoms with E-state index in [1.165, 1.54) is 25.3 Å². The third kappa shape index (κ3) is 5.08. The second kappa shape index (κ2) is 9.13. The summed E-state index contributed by atoms with van der Waals surface area (Å²) in [6.45, 7) is 0. The SMILES string of the molecule is COC(=O)[C@@H](Cc1cc(=O)oc2cc(OC)ccc12)NC(=O)c1cccc(C(F)(F)F)c1. The average molecular weight is 449 g/mol. The first-order chi connectivity index (χ1) is 15.1. The smallest absolute Gasteiger partial charge is 0.416 e. The number of hydrogen-bond acceptors (Lipinski definition) is 6. The number of ether oxygens (including phenoxy) is 2. The Morgan fingerprint density at radius 3 is 2.50 bits per heavy atom. The zero-order chi connectivity index (χ0) is 23.5. The fraction of sp³-hybridized carbons (Fsp3) is 0.227. The van der Waals surface area contributed by atoms with Crippen LogP contribution < -0.4 is 15.7 Å². The maximum absolute atomic E-state index is 13.0. The van der Waals surface area contributed by atoms with E-state index >= 15 is 0 Å². The van der Waals surface area contributed by atoms with Gasteiger partial charge in [-0.3, -0.25) is 4.79 Å². The van der Waals surface area contributed by atoms with E-state index in [0.717, 1.165) is 19.2 Å². The molecule has 3 aromatic rings. The van der Waals surface area contributed by atoms with Crippen LogP contribution in [0, 0.1) is 0 Å². The Morgan fingerprint density at radius 2 is 1.84 bits per heavy atom. The number of amides is 1. The average Bonchev–Trinajstić information content (AvgIpc) is 2.76. The first-order valence-corrected chi connectivity index (χ1v) is 9.29. The molecule has 0 aliphatic carbocycles. The van der Waals surface area contributed by atoms with Gasteiger partial charge in [-0.2, -0.15) is 13.2 Å². The van der Waals surface area contributed by atoms with Crippen molar-refractivity contribution in [2.45, 2.75) is 18.6 Å². The molecule has 168 valence electrons. The molecular weight excluding hydrogens is 431 g/mol. The molecule has 2 aromatic carbocycles. The van der Waals surface area contributed by atoms with Crippen LogP contribution in [-0.4, -0.2) is 32.1 Å². The molecule has 3 rings (SSSR count). The molecule has 0 saturated heterocycles. The zero-order valence-electron chi connectivity index (χ0n) is 17.0. The van der Waals surface area contributed by atoms with Gasteiger partial charge in [-0.1, -0.05) is 6.07 Å². The molecule has 1 amide bonds. The minimum absolute atomic E-state index is 0.161. The number of nitrogens with one attached hydrogen (secondary N) is 1. The van der Waals surface area contributed by atoms with E-state index < -0.39 is 35.3 Å². The van der Waals surface area contributed by atoms with E-state index in [4.69, 9.17) is 13.9 Å². The van der Waals surface area contributed by atoms with Crippen LogP contribution >= 0.6 is 0 Å². The molecule has 0 saturated carbocycles. The Kier molecular flexibility index (Phi) is 6.52. The largest absolute Gasteiger partial charge is 0.497 e. The fourth-order valence-corrected chi connectivity index (χ4v) is 3.14. The molecule has 0 fully saturated rings. The van der Waals surface area contributed by atoms with Crippen LogP contribution in [0.15, 0.2) is 57.7 Å². The molecule has 1 aromatic heterocycles. The lowest BCUT2D eigenvalue weighted by Crippen LogP contribution is -2.43. The first-order valence-electron chi connectivity index (χ1n) is 9.29. The van der Waals surface area contributed by atoms with Crippen molar-refractivity contribution in [1.82, 2.24) is 5.32 Å². The molecule has 10 heteroatoms. The Hall–Kier alpha value is -3.82. The van der Waals surface area contributed by atoms with Crippen molar-refractivity contribution in [3.8, 4) is 5.75 Å². The van der Waals surface area contributed by atoms with Crippen molar-refractivity contribution in [1.29, 1.82) is 0 Å². The van der Waals surface area contributed by atoms with Crippen molar-refractivity contribution in [2.24, 2.45) is 0 Å². The highest BCUT2D eigenvalue weighted by atomic mass is 19.4. The number of halogens is 3. The topological polar surface area (TPSA) is 94.8 Å². The molecule has 0 unspecified atom stereocenters. The Morgan fingerprint density at radius 1 is 1.09 bits per heavy atom. The van der Waals surface area contributed by atoms with Gasteiger partial charge in [0.25, 0.3) is 5.91 Å². The van der Waals surface area contributed by atoms with Crippen LogP contribution in [0.2, 0.25) is 0 Å². The highest BCUT2D eigenvalue weighted by Gasteiger charge is 2.31. The van der Waals surface area contributed by atoms with Gasteiger partial charge in [-0.25, -0.2) is 9.59 Å². The Balaban J connectivity index is 1.93. The minimum Gasteiger partial charge on any atom is -0.497 e. The van der Waals surface area contributed by atoms with Crippen LogP contribution in [0.4, 0.5) is 13.2 Å². The molecular formula is C22H18F3NO6. The second-order valence-electron chi connectivity index (χ2n) is 6.78. The first kappa shape index (κ1) is 22.9. The standard InChI is InChI=1S/C22H18F3NO6/c1-30-15-6-7-16-13(10-19(27)32-18(16)11-15)9-17(21(29)31-2)26-20(28)12-4-3-5-14(8-12)22(23,24)25/h3-8,10-11,17H,9H2,1-2H3,(H,26,28)/t17-/m1/s1. The summed E-state index contributed by atoms with van der Waals surface area (Å²) in [4.78, 5) is 36.9. The third-order valence-corrected chi connectivity index (χ3v) is 4.70. The summed E-state index contributed by atoms with van der Waals surface area (Å²) in [5.74, 6) is -1.29. The summed E-state index contributed by atoms with van der Waals surface area (Å²) in [5.41, 5.74) is -1.39. The van der Waals surface area contributed by atoms with Crippen molar-refractivity contribution >= 4 is 22.8 Å². The summed E-state index contributed by atoms with van der Waals surface area (Å²) < 4.78 is 53.8. The Bertz CT molecular complexity index is 1220. The third-order valence-electron chi connectivity index (χ3n) is 4.70. The maximum Gasteiger partial charge on any atom is 0.416 e. The lowest BCUT2D eigenvalue weighted by atomic mass is 10.0. The molecule has 0 spiro atoms. The predicted molar refractivity (Wildman–Crippen MR) is 107 cm³/mol. The maximum atomic E-state index is 13.0. The van der Waals surface area contributed by atoms with Gasteiger partial charge in [0, 0.05) is 29.5 Å². The highest BCUT2D eigenvalue weighted by molar-refractivity contribution is 5.97. The molecule has 0 aliphatic heterocycles. The van der Waals surface area contributed by atoms with E-state index in [0.29, 0.717) is 22.8 Å². The van der Waals surface area contributed by atoms with Gasteiger partial charge >= 0.3 is 17.8 Å². The van der Waals surface area contributed by atoms with Gasteiger partial charge in [0.2, 0.25) is 0 Å². The molecule has 0 aliphatic rings. The number of hydrogen-bond donors (Lipinski definition) is 1. The summed E-state index contributed by atoms with van der Waals surface area (Å²) >= 11 is 0. The van der Waals surface area contributed by atoms with Crippen molar-refractivity contribution in [3.63, 3.8) is 0 Å². The van der Waals surface area contributed by atoms with Crippen LogP contribution in [0.25, 0.3) is 11.0 Å². The van der Waals surface area contributed by atoms with E-state index in [9.17, 15) is 27.6 Å². The van der Waals surface area contributed by atoms with Gasteiger partial charge in [-0.15, -0.1) is 0 Å². The summed E-state index contributed by atoms with van der Waals surface area (Å²) in [7, 11) is 2.55. The molecule has 7 nitrogen and oxygen atoms in total. The van der Waals surface area contributed by atoms with Gasteiger partial charge in [0.15, 0.2) is 0 Å². The van der Waals surface area contributed by atoms with Crippen molar-refractivity contribution in [3.05, 3.63) is 75.6 Å². The van der Waals surface area contributed by atoms with Crippen molar-refractivity contribution < 1.29 is 36.7 Å². The second-order valence-corrected chi connectivity index (χ2v) is 6.78. The van der Waals surface area contributed by atoms with Gasteiger partial charge in [0.05, 0.1) is 19.8 Å². The van der Waals surface area contributed by atoms with Crippen LogP contribution in [0.5, 0.6) is 5.75 Å². The van der Waals surface area contributed by atoms with E-state index in [1.807, 2.05) is 0 Å². The van der Waals surface area contributed by atoms with E-state index in [2.05, 4.69) is 5.32 Å². The number of methoxy groups -OCH3 is 2.